The summed E-state index contributed by atoms with van der Waals surface area (Å²) in [6.45, 7) is 2.20. The molecule has 0 aliphatic rings. The van der Waals surface area contributed by atoms with Gasteiger partial charge in [0.1, 0.15) is 11.6 Å². The molecule has 0 radical (unpaired) electrons. The Morgan fingerprint density at radius 3 is 2.56 bits per heavy atom. The minimum atomic E-state index is -3.23. The fourth-order valence-electron chi connectivity index (χ4n) is 1.48. The predicted octanol–water partition coefficient (Wildman–Crippen LogP) is 1.16. The van der Waals surface area contributed by atoms with E-state index in [1.54, 1.807) is 6.92 Å². The SMILES string of the molecule is CC(NCCNS(C)(=O)=O)c1cc(F)ccc1F. The molecule has 1 unspecified atom stereocenters. The predicted molar refractivity (Wildman–Crippen MR) is 65.6 cm³/mol. The van der Waals surface area contributed by atoms with E-state index in [4.69, 9.17) is 0 Å². The van der Waals surface area contributed by atoms with Crippen molar-refractivity contribution in [2.45, 2.75) is 13.0 Å². The largest absolute Gasteiger partial charge is 0.309 e. The van der Waals surface area contributed by atoms with Crippen LogP contribution in [0.15, 0.2) is 18.2 Å². The van der Waals surface area contributed by atoms with Gasteiger partial charge >= 0.3 is 0 Å². The smallest absolute Gasteiger partial charge is 0.208 e. The van der Waals surface area contributed by atoms with Crippen molar-refractivity contribution >= 4 is 10.0 Å². The molecule has 0 fully saturated rings. The van der Waals surface area contributed by atoms with E-state index in [1.807, 2.05) is 0 Å². The van der Waals surface area contributed by atoms with Gasteiger partial charge in [-0.05, 0) is 25.1 Å². The summed E-state index contributed by atoms with van der Waals surface area (Å²) in [6.07, 6.45) is 1.06. The maximum atomic E-state index is 13.4. The second-order valence-electron chi connectivity index (χ2n) is 4.01. The van der Waals surface area contributed by atoms with E-state index in [1.165, 1.54) is 0 Å². The lowest BCUT2D eigenvalue weighted by Gasteiger charge is -2.15. The molecule has 0 spiro atoms. The number of nitrogens with one attached hydrogen (secondary N) is 2. The molecule has 0 aromatic heterocycles. The van der Waals surface area contributed by atoms with Gasteiger partial charge in [0.25, 0.3) is 0 Å². The molecule has 0 amide bonds. The van der Waals surface area contributed by atoms with Crippen LogP contribution in [0.4, 0.5) is 8.78 Å². The van der Waals surface area contributed by atoms with E-state index in [-0.39, 0.29) is 12.1 Å². The summed E-state index contributed by atoms with van der Waals surface area (Å²) in [7, 11) is -3.23. The second kappa shape index (κ2) is 6.21. The van der Waals surface area contributed by atoms with Crippen molar-refractivity contribution in [3.63, 3.8) is 0 Å². The Morgan fingerprint density at radius 2 is 1.94 bits per heavy atom. The first-order valence-electron chi connectivity index (χ1n) is 5.42. The van der Waals surface area contributed by atoms with Gasteiger partial charge in [-0.1, -0.05) is 0 Å². The third-order valence-electron chi connectivity index (χ3n) is 2.36. The van der Waals surface area contributed by atoms with Crippen LogP contribution in [0.5, 0.6) is 0 Å². The molecule has 18 heavy (non-hydrogen) atoms. The average molecular weight is 278 g/mol. The number of sulfonamides is 1. The van der Waals surface area contributed by atoms with Crippen LogP contribution >= 0.6 is 0 Å². The lowest BCUT2D eigenvalue weighted by molar-refractivity contribution is 0.517. The van der Waals surface area contributed by atoms with Gasteiger partial charge < -0.3 is 5.32 Å². The third-order valence-corrected chi connectivity index (χ3v) is 3.09. The highest BCUT2D eigenvalue weighted by molar-refractivity contribution is 7.88. The van der Waals surface area contributed by atoms with Gasteiger partial charge in [0.2, 0.25) is 10.0 Å². The number of hydrogen-bond donors (Lipinski definition) is 2. The zero-order valence-electron chi connectivity index (χ0n) is 10.2. The molecule has 0 heterocycles. The summed E-state index contributed by atoms with van der Waals surface area (Å²) in [6, 6.07) is 2.84. The van der Waals surface area contributed by atoms with Crippen LogP contribution in [0.3, 0.4) is 0 Å². The van der Waals surface area contributed by atoms with Gasteiger partial charge in [-0.25, -0.2) is 21.9 Å². The third kappa shape index (κ3) is 5.07. The van der Waals surface area contributed by atoms with Crippen molar-refractivity contribution in [1.29, 1.82) is 0 Å². The molecule has 102 valence electrons. The van der Waals surface area contributed by atoms with Crippen molar-refractivity contribution in [3.8, 4) is 0 Å². The molecule has 0 bridgehead atoms. The van der Waals surface area contributed by atoms with Gasteiger partial charge in [0, 0.05) is 24.7 Å². The van der Waals surface area contributed by atoms with E-state index < -0.39 is 27.7 Å². The fourth-order valence-corrected chi connectivity index (χ4v) is 1.95. The van der Waals surface area contributed by atoms with Crippen molar-refractivity contribution in [2.75, 3.05) is 19.3 Å². The molecule has 0 aliphatic carbocycles. The second-order valence-corrected chi connectivity index (χ2v) is 5.84. The molecular formula is C11H16F2N2O2S. The monoisotopic (exact) mass is 278 g/mol. The maximum absolute atomic E-state index is 13.4. The Kier molecular flexibility index (Phi) is 5.18. The highest BCUT2D eigenvalue weighted by Gasteiger charge is 2.11. The first kappa shape index (κ1) is 15.0. The van der Waals surface area contributed by atoms with E-state index in [9.17, 15) is 17.2 Å². The number of halogens is 2. The normalized spacial score (nSPS) is 13.6. The summed E-state index contributed by atoms with van der Waals surface area (Å²) in [4.78, 5) is 0. The molecule has 1 aromatic rings. The molecule has 0 aliphatic heterocycles. The summed E-state index contributed by atoms with van der Waals surface area (Å²) >= 11 is 0. The molecule has 0 saturated heterocycles. The van der Waals surface area contributed by atoms with Crippen molar-refractivity contribution < 1.29 is 17.2 Å². The van der Waals surface area contributed by atoms with E-state index in [0.29, 0.717) is 6.54 Å². The van der Waals surface area contributed by atoms with Gasteiger partial charge in [0.15, 0.2) is 0 Å². The van der Waals surface area contributed by atoms with Crippen LogP contribution in [-0.4, -0.2) is 27.8 Å². The van der Waals surface area contributed by atoms with E-state index >= 15 is 0 Å². The first-order chi connectivity index (χ1) is 8.29. The van der Waals surface area contributed by atoms with Crippen molar-refractivity contribution in [1.82, 2.24) is 10.0 Å². The van der Waals surface area contributed by atoms with Crippen LogP contribution in [0, 0.1) is 11.6 Å². The highest BCUT2D eigenvalue weighted by Crippen LogP contribution is 2.17. The topological polar surface area (TPSA) is 58.2 Å². The van der Waals surface area contributed by atoms with E-state index in [0.717, 1.165) is 24.5 Å². The van der Waals surface area contributed by atoms with Gasteiger partial charge in [-0.15, -0.1) is 0 Å². The lowest BCUT2D eigenvalue weighted by Crippen LogP contribution is -2.32. The summed E-state index contributed by atoms with van der Waals surface area (Å²) in [5.41, 5.74) is 0.217. The Morgan fingerprint density at radius 1 is 1.28 bits per heavy atom. The Bertz CT molecular complexity index is 506. The van der Waals surface area contributed by atoms with Crippen LogP contribution in [-0.2, 0) is 10.0 Å². The van der Waals surface area contributed by atoms with Gasteiger partial charge in [0.05, 0.1) is 6.26 Å². The van der Waals surface area contributed by atoms with Crippen LogP contribution in [0.2, 0.25) is 0 Å². The summed E-state index contributed by atoms with van der Waals surface area (Å²) < 4.78 is 50.3. The highest BCUT2D eigenvalue weighted by atomic mass is 32.2. The Labute approximate surface area is 105 Å². The minimum Gasteiger partial charge on any atom is -0.309 e. The lowest BCUT2D eigenvalue weighted by atomic mass is 10.1. The zero-order chi connectivity index (χ0) is 13.8. The molecule has 1 rings (SSSR count). The number of benzene rings is 1. The van der Waals surface area contributed by atoms with Crippen LogP contribution in [0.1, 0.15) is 18.5 Å². The summed E-state index contributed by atoms with van der Waals surface area (Å²) in [5.74, 6) is -0.998. The number of rotatable bonds is 6. The van der Waals surface area contributed by atoms with Crippen molar-refractivity contribution in [3.05, 3.63) is 35.4 Å². The van der Waals surface area contributed by atoms with Crippen molar-refractivity contribution in [2.24, 2.45) is 0 Å². The molecule has 1 atom stereocenters. The van der Waals surface area contributed by atoms with Gasteiger partial charge in [-0.3, -0.25) is 0 Å². The zero-order valence-corrected chi connectivity index (χ0v) is 11.0. The molecule has 4 nitrogen and oxygen atoms in total. The standard InChI is InChI=1S/C11H16F2N2O2S/c1-8(14-5-6-15-18(2,16)17)10-7-9(12)3-4-11(10)13/h3-4,7-8,14-15H,5-6H2,1-2H3. The molecule has 2 N–H and O–H groups in total. The molecule has 1 aromatic carbocycles. The molecule has 0 saturated carbocycles. The fraction of sp³-hybridized carbons (Fsp3) is 0.455. The Hall–Kier alpha value is -1.05. The molecule has 7 heteroatoms. The average Bonchev–Trinajstić information content (AvgIpc) is 2.26. The van der Waals surface area contributed by atoms with Gasteiger partial charge in [-0.2, -0.15) is 0 Å². The minimum absolute atomic E-state index is 0.195. The quantitative estimate of drug-likeness (QED) is 0.768. The molecular weight excluding hydrogens is 262 g/mol. The summed E-state index contributed by atoms with van der Waals surface area (Å²) in [5, 5.41) is 2.91. The maximum Gasteiger partial charge on any atom is 0.208 e. The van der Waals surface area contributed by atoms with E-state index in [2.05, 4.69) is 10.0 Å². The van der Waals surface area contributed by atoms with Crippen LogP contribution in [0.25, 0.3) is 0 Å². The van der Waals surface area contributed by atoms with Crippen LogP contribution < -0.4 is 10.0 Å². The Balaban J connectivity index is 2.50. The first-order valence-corrected chi connectivity index (χ1v) is 7.31. The number of hydrogen-bond acceptors (Lipinski definition) is 3.